The van der Waals surface area contributed by atoms with Crippen LogP contribution in [0.3, 0.4) is 0 Å². The second-order valence-electron chi connectivity index (χ2n) is 10.2. The molecule has 1 fully saturated rings. The van der Waals surface area contributed by atoms with Crippen LogP contribution in [0.1, 0.15) is 64.6 Å². The number of anilines is 1. The van der Waals surface area contributed by atoms with Gasteiger partial charge in [0, 0.05) is 24.0 Å². The molecule has 0 saturated heterocycles. The van der Waals surface area contributed by atoms with Gasteiger partial charge in [-0.2, -0.15) is 0 Å². The van der Waals surface area contributed by atoms with Gasteiger partial charge in [-0.1, -0.05) is 48.5 Å². The van der Waals surface area contributed by atoms with Crippen LogP contribution in [0.15, 0.2) is 79.0 Å². The van der Waals surface area contributed by atoms with Gasteiger partial charge < -0.3 is 10.0 Å². The lowest BCUT2D eigenvalue weighted by Gasteiger charge is -2.44. The number of aliphatic carboxylic acids is 1. The zero-order valence-corrected chi connectivity index (χ0v) is 21.9. The minimum absolute atomic E-state index is 0.0697. The molecule has 1 aliphatic heterocycles. The third kappa shape index (κ3) is 4.84. The molecule has 186 valence electrons. The number of aryl methyl sites for hydroxylation is 1. The molecule has 2 atom stereocenters. The van der Waals surface area contributed by atoms with Crippen LogP contribution in [-0.4, -0.2) is 22.1 Å². The van der Waals surface area contributed by atoms with Crippen molar-refractivity contribution in [1.82, 2.24) is 4.98 Å². The lowest BCUT2D eigenvalue weighted by Crippen LogP contribution is -2.42. The van der Waals surface area contributed by atoms with Gasteiger partial charge in [-0.15, -0.1) is 11.3 Å². The van der Waals surface area contributed by atoms with Crippen LogP contribution in [0.5, 0.6) is 0 Å². The first kappa shape index (κ1) is 23.7. The molecule has 5 heteroatoms. The summed E-state index contributed by atoms with van der Waals surface area (Å²) in [6.07, 6.45) is 8.38. The van der Waals surface area contributed by atoms with Crippen molar-refractivity contribution < 1.29 is 9.90 Å². The van der Waals surface area contributed by atoms with E-state index in [0.29, 0.717) is 6.04 Å². The second kappa shape index (κ2) is 9.64. The standard InChI is InChI=1S/C32H30N2O2S/c1-20-17-27-18-26(30-19-33-21(2)37-30)12-15-29(27)32(25-6-3-22(4-7-25)5-16-31(35)36)34(20)28-13-10-24(11-14-28)23-8-9-23/h3-7,10-16,18-20,23,32H,8-9,17H2,1-2H3,(H,35,36)/b16-5+. The van der Waals surface area contributed by atoms with Crippen LogP contribution in [0, 0.1) is 6.92 Å². The molecule has 2 aliphatic rings. The number of fused-ring (bicyclic) bond motifs is 1. The van der Waals surface area contributed by atoms with Crippen LogP contribution in [0.4, 0.5) is 5.69 Å². The van der Waals surface area contributed by atoms with Gasteiger partial charge in [-0.05, 0) is 96.7 Å². The van der Waals surface area contributed by atoms with E-state index in [1.165, 1.54) is 57.3 Å². The zero-order chi connectivity index (χ0) is 25.5. The first-order chi connectivity index (χ1) is 18.0. The molecular formula is C32H30N2O2S. The molecule has 2 unspecified atom stereocenters. The first-order valence-electron chi connectivity index (χ1n) is 12.9. The largest absolute Gasteiger partial charge is 0.478 e. The molecule has 4 nitrogen and oxygen atoms in total. The number of thiazole rings is 1. The zero-order valence-electron chi connectivity index (χ0n) is 21.1. The molecule has 2 heterocycles. The summed E-state index contributed by atoms with van der Waals surface area (Å²) < 4.78 is 0. The van der Waals surface area contributed by atoms with Gasteiger partial charge in [0.2, 0.25) is 0 Å². The molecule has 3 aromatic carbocycles. The van der Waals surface area contributed by atoms with Crippen molar-refractivity contribution in [1.29, 1.82) is 0 Å². The highest BCUT2D eigenvalue weighted by Crippen LogP contribution is 2.44. The van der Waals surface area contributed by atoms with E-state index in [2.05, 4.69) is 71.4 Å². The maximum atomic E-state index is 11.0. The maximum absolute atomic E-state index is 11.0. The fraction of sp³-hybridized carbons (Fsp3) is 0.250. The molecule has 0 amide bonds. The van der Waals surface area contributed by atoms with Crippen LogP contribution >= 0.6 is 11.3 Å². The molecule has 4 aromatic rings. The number of benzene rings is 3. The first-order valence-corrected chi connectivity index (χ1v) is 13.7. The Hall–Kier alpha value is -3.70. The molecular weight excluding hydrogens is 476 g/mol. The summed E-state index contributed by atoms with van der Waals surface area (Å²) in [4.78, 5) is 19.2. The Kier molecular flexibility index (Phi) is 6.17. The van der Waals surface area contributed by atoms with E-state index in [1.54, 1.807) is 17.4 Å². The molecule has 1 saturated carbocycles. The van der Waals surface area contributed by atoms with E-state index < -0.39 is 5.97 Å². The minimum Gasteiger partial charge on any atom is -0.478 e. The Morgan fingerprint density at radius 3 is 2.41 bits per heavy atom. The van der Waals surface area contributed by atoms with Gasteiger partial charge >= 0.3 is 5.97 Å². The van der Waals surface area contributed by atoms with Crippen LogP contribution in [-0.2, 0) is 11.2 Å². The number of hydrogen-bond donors (Lipinski definition) is 1. The lowest BCUT2D eigenvalue weighted by molar-refractivity contribution is -0.131. The molecule has 1 aliphatic carbocycles. The number of hydrogen-bond acceptors (Lipinski definition) is 4. The smallest absolute Gasteiger partial charge is 0.328 e. The summed E-state index contributed by atoms with van der Waals surface area (Å²) in [7, 11) is 0. The van der Waals surface area contributed by atoms with E-state index in [1.807, 2.05) is 25.3 Å². The van der Waals surface area contributed by atoms with E-state index in [0.717, 1.165) is 22.9 Å². The van der Waals surface area contributed by atoms with E-state index in [-0.39, 0.29) is 6.04 Å². The van der Waals surface area contributed by atoms with Gasteiger partial charge in [0.15, 0.2) is 0 Å². The average molecular weight is 507 g/mol. The van der Waals surface area contributed by atoms with Crippen molar-refractivity contribution in [3.8, 4) is 10.4 Å². The highest BCUT2D eigenvalue weighted by molar-refractivity contribution is 7.15. The average Bonchev–Trinajstić information content (AvgIpc) is 3.66. The number of carboxylic acids is 1. The highest BCUT2D eigenvalue weighted by Gasteiger charge is 2.34. The van der Waals surface area contributed by atoms with Crippen molar-refractivity contribution in [2.75, 3.05) is 4.90 Å². The van der Waals surface area contributed by atoms with E-state index >= 15 is 0 Å². The summed E-state index contributed by atoms with van der Waals surface area (Å²) in [5.74, 6) is -0.198. The predicted octanol–water partition coefficient (Wildman–Crippen LogP) is 7.63. The topological polar surface area (TPSA) is 53.4 Å². The van der Waals surface area contributed by atoms with Gasteiger partial charge in [-0.25, -0.2) is 9.78 Å². The number of carboxylic acid groups (broad SMARTS) is 1. The number of carbonyl (C=O) groups is 1. The van der Waals surface area contributed by atoms with E-state index in [9.17, 15) is 4.79 Å². The third-order valence-electron chi connectivity index (χ3n) is 7.52. The number of rotatable bonds is 6. The monoisotopic (exact) mass is 506 g/mol. The SMILES string of the molecule is Cc1ncc(-c2ccc3c(c2)CC(C)N(c2ccc(C4CC4)cc2)C3c2ccc(/C=C/C(=O)O)cc2)s1. The normalized spacial score (nSPS) is 19.2. The summed E-state index contributed by atoms with van der Waals surface area (Å²) in [6.45, 7) is 4.37. The Morgan fingerprint density at radius 2 is 1.76 bits per heavy atom. The lowest BCUT2D eigenvalue weighted by atomic mass is 9.83. The molecule has 0 bridgehead atoms. The summed E-state index contributed by atoms with van der Waals surface area (Å²) >= 11 is 1.73. The van der Waals surface area contributed by atoms with Crippen molar-refractivity contribution >= 4 is 29.1 Å². The number of aromatic nitrogens is 1. The molecule has 1 N–H and O–H groups in total. The van der Waals surface area contributed by atoms with Gasteiger partial charge in [-0.3, -0.25) is 0 Å². The van der Waals surface area contributed by atoms with Crippen molar-refractivity contribution in [3.05, 3.63) is 112 Å². The fourth-order valence-electron chi connectivity index (χ4n) is 5.55. The summed E-state index contributed by atoms with van der Waals surface area (Å²) in [5.41, 5.74) is 8.70. The minimum atomic E-state index is -0.938. The van der Waals surface area contributed by atoms with Gasteiger partial charge in [0.1, 0.15) is 0 Å². The molecule has 37 heavy (non-hydrogen) atoms. The fourth-order valence-corrected chi connectivity index (χ4v) is 6.33. The summed E-state index contributed by atoms with van der Waals surface area (Å²) in [5, 5.41) is 10.1. The van der Waals surface area contributed by atoms with Crippen molar-refractivity contribution in [2.24, 2.45) is 0 Å². The third-order valence-corrected chi connectivity index (χ3v) is 8.48. The predicted molar refractivity (Wildman–Crippen MR) is 151 cm³/mol. The van der Waals surface area contributed by atoms with Crippen LogP contribution < -0.4 is 4.90 Å². The molecule has 6 rings (SSSR count). The Morgan fingerprint density at radius 1 is 1.03 bits per heavy atom. The number of nitrogens with zero attached hydrogens (tertiary/aromatic N) is 2. The Bertz CT molecular complexity index is 1470. The molecule has 0 spiro atoms. The van der Waals surface area contributed by atoms with Crippen molar-refractivity contribution in [2.45, 2.75) is 51.1 Å². The Balaban J connectivity index is 1.42. The van der Waals surface area contributed by atoms with Gasteiger partial charge in [0.25, 0.3) is 0 Å². The second-order valence-corrected chi connectivity index (χ2v) is 11.5. The quantitative estimate of drug-likeness (QED) is 0.273. The van der Waals surface area contributed by atoms with Crippen LogP contribution in [0.2, 0.25) is 0 Å². The highest BCUT2D eigenvalue weighted by atomic mass is 32.1. The maximum Gasteiger partial charge on any atom is 0.328 e. The van der Waals surface area contributed by atoms with Crippen molar-refractivity contribution in [3.63, 3.8) is 0 Å². The molecule has 0 radical (unpaired) electrons. The van der Waals surface area contributed by atoms with E-state index in [4.69, 9.17) is 5.11 Å². The van der Waals surface area contributed by atoms with Crippen LogP contribution in [0.25, 0.3) is 16.5 Å². The molecule has 1 aromatic heterocycles. The summed E-state index contributed by atoms with van der Waals surface area (Å²) in [6, 6.07) is 24.8. The van der Waals surface area contributed by atoms with Gasteiger partial charge in [0.05, 0.1) is 15.9 Å². The Labute approximate surface area is 221 Å².